The molecule has 2 saturated heterocycles. The van der Waals surface area contributed by atoms with Gasteiger partial charge in [0.25, 0.3) is 0 Å². The zero-order chi connectivity index (χ0) is 17.4. The van der Waals surface area contributed by atoms with Gasteiger partial charge >= 0.3 is 6.18 Å². The van der Waals surface area contributed by atoms with Crippen LogP contribution >= 0.6 is 0 Å². The van der Waals surface area contributed by atoms with Crippen LogP contribution in [0.1, 0.15) is 19.3 Å². The number of alkyl halides is 3. The van der Waals surface area contributed by atoms with E-state index in [1.54, 1.807) is 0 Å². The van der Waals surface area contributed by atoms with Crippen molar-refractivity contribution in [1.29, 1.82) is 0 Å². The number of nitrogens with zero attached hydrogens (tertiary/aromatic N) is 2. The predicted molar refractivity (Wildman–Crippen MR) is 79.6 cm³/mol. The van der Waals surface area contributed by atoms with Gasteiger partial charge in [0.15, 0.2) is 0 Å². The molecule has 0 N–H and O–H groups in total. The minimum atomic E-state index is -4.33. The fourth-order valence-electron chi connectivity index (χ4n) is 3.77. The summed E-state index contributed by atoms with van der Waals surface area (Å²) >= 11 is 0. The second-order valence-electron chi connectivity index (χ2n) is 6.38. The molecule has 0 unspecified atom stereocenters. The van der Waals surface area contributed by atoms with Crippen LogP contribution in [0, 0.1) is 11.3 Å². The summed E-state index contributed by atoms with van der Waals surface area (Å²) in [6, 6.07) is 2.91. The number of hydrogen-bond donors (Lipinski definition) is 0. The molecule has 2 aliphatic rings. The predicted octanol–water partition coefficient (Wildman–Crippen LogP) is 2.45. The Bertz CT molecular complexity index is 673. The molecule has 3 heterocycles. The lowest BCUT2D eigenvalue weighted by atomic mass is 9.66. The number of pyridine rings is 1. The van der Waals surface area contributed by atoms with Gasteiger partial charge in [-0.25, -0.2) is 8.42 Å². The van der Waals surface area contributed by atoms with Crippen LogP contribution in [0.5, 0.6) is 0 Å². The molecular formula is C15H19F3N2O3S. The molecule has 1 atom stereocenters. The average Bonchev–Trinajstić information content (AvgIpc) is 2.55. The molecule has 0 radical (unpaired) electrons. The van der Waals surface area contributed by atoms with Gasteiger partial charge in [0, 0.05) is 44.1 Å². The topological polar surface area (TPSA) is 59.5 Å². The van der Waals surface area contributed by atoms with E-state index in [1.165, 1.54) is 28.8 Å². The second kappa shape index (κ2) is 6.27. The molecule has 134 valence electrons. The summed E-state index contributed by atoms with van der Waals surface area (Å²) < 4.78 is 72.4. The van der Waals surface area contributed by atoms with Gasteiger partial charge in [-0.1, -0.05) is 0 Å². The fraction of sp³-hybridized carbons (Fsp3) is 0.667. The zero-order valence-corrected chi connectivity index (χ0v) is 13.8. The van der Waals surface area contributed by atoms with Crippen LogP contribution in [0.3, 0.4) is 0 Å². The molecule has 0 amide bonds. The molecule has 3 rings (SSSR count). The Hall–Kier alpha value is -1.19. The molecule has 0 saturated carbocycles. The molecule has 1 aromatic rings. The van der Waals surface area contributed by atoms with E-state index in [2.05, 4.69) is 4.98 Å². The Balaban J connectivity index is 1.92. The van der Waals surface area contributed by atoms with Crippen LogP contribution in [0.4, 0.5) is 13.2 Å². The molecule has 24 heavy (non-hydrogen) atoms. The van der Waals surface area contributed by atoms with Gasteiger partial charge in [-0.2, -0.15) is 17.5 Å². The second-order valence-corrected chi connectivity index (χ2v) is 8.32. The number of sulfonamides is 1. The zero-order valence-electron chi connectivity index (χ0n) is 13.0. The standard InChI is InChI=1S/C15H19F3N2O3S/c16-15(17,18)13-3-7-20(11-14(13)4-8-23-9-5-14)24(21,22)12-2-1-6-19-10-12/h1-2,6,10,13H,3-5,7-9,11H2/t13-/m1/s1. The van der Waals surface area contributed by atoms with Crippen LogP contribution in [0.25, 0.3) is 0 Å². The van der Waals surface area contributed by atoms with Gasteiger partial charge < -0.3 is 4.74 Å². The molecule has 0 bridgehead atoms. The summed E-state index contributed by atoms with van der Waals surface area (Å²) in [4.78, 5) is 3.81. The number of piperidine rings is 1. The van der Waals surface area contributed by atoms with Crippen molar-refractivity contribution >= 4 is 10.0 Å². The van der Waals surface area contributed by atoms with Crippen LogP contribution in [0.15, 0.2) is 29.4 Å². The Morgan fingerprint density at radius 2 is 2.00 bits per heavy atom. The lowest BCUT2D eigenvalue weighted by Gasteiger charge is -2.50. The van der Waals surface area contributed by atoms with Gasteiger partial charge in [0.1, 0.15) is 4.90 Å². The number of ether oxygens (including phenoxy) is 1. The van der Waals surface area contributed by atoms with Gasteiger partial charge in [-0.3, -0.25) is 4.98 Å². The highest BCUT2D eigenvalue weighted by atomic mass is 32.2. The highest BCUT2D eigenvalue weighted by molar-refractivity contribution is 7.89. The molecule has 1 spiro atoms. The van der Waals surface area contributed by atoms with Crippen LogP contribution in [-0.4, -0.2) is 50.2 Å². The maximum atomic E-state index is 13.5. The van der Waals surface area contributed by atoms with E-state index in [0.717, 1.165) is 0 Å². The van der Waals surface area contributed by atoms with Crippen molar-refractivity contribution in [3.05, 3.63) is 24.5 Å². The van der Waals surface area contributed by atoms with Crippen molar-refractivity contribution in [2.24, 2.45) is 11.3 Å². The Kier molecular flexibility index (Phi) is 4.61. The smallest absolute Gasteiger partial charge is 0.381 e. The monoisotopic (exact) mass is 364 g/mol. The molecule has 2 aliphatic heterocycles. The first-order valence-corrected chi connectivity index (χ1v) is 9.24. The summed E-state index contributed by atoms with van der Waals surface area (Å²) in [6.07, 6.45) is -1.44. The number of aromatic nitrogens is 1. The summed E-state index contributed by atoms with van der Waals surface area (Å²) in [5, 5.41) is 0. The largest absolute Gasteiger partial charge is 0.392 e. The maximum Gasteiger partial charge on any atom is 0.392 e. The van der Waals surface area contributed by atoms with Crippen LogP contribution in [-0.2, 0) is 14.8 Å². The first kappa shape index (κ1) is 17.6. The van der Waals surface area contributed by atoms with Gasteiger partial charge in [-0.05, 0) is 31.4 Å². The highest BCUT2D eigenvalue weighted by Crippen LogP contribution is 2.51. The van der Waals surface area contributed by atoms with E-state index >= 15 is 0 Å². The molecule has 2 fully saturated rings. The van der Waals surface area contributed by atoms with Gasteiger partial charge in [0.05, 0.1) is 5.92 Å². The lowest BCUT2D eigenvalue weighted by molar-refractivity contribution is -0.231. The summed E-state index contributed by atoms with van der Waals surface area (Å²) in [7, 11) is -3.84. The summed E-state index contributed by atoms with van der Waals surface area (Å²) in [5.74, 6) is -1.49. The lowest BCUT2D eigenvalue weighted by Crippen LogP contribution is -2.56. The number of hydrogen-bond acceptors (Lipinski definition) is 4. The normalized spacial score (nSPS) is 25.7. The summed E-state index contributed by atoms with van der Waals surface area (Å²) in [6.45, 7) is 0.197. The van der Waals surface area contributed by atoms with E-state index in [4.69, 9.17) is 4.74 Å². The first-order chi connectivity index (χ1) is 11.3. The quantitative estimate of drug-likeness (QED) is 0.809. The summed E-state index contributed by atoms with van der Waals surface area (Å²) in [5.41, 5.74) is -1.11. The van der Waals surface area contributed by atoms with Crippen molar-refractivity contribution < 1.29 is 26.3 Å². The van der Waals surface area contributed by atoms with Crippen molar-refractivity contribution in [2.45, 2.75) is 30.3 Å². The third-order valence-corrected chi connectivity index (χ3v) is 6.88. The van der Waals surface area contributed by atoms with E-state index in [1.807, 2.05) is 0 Å². The van der Waals surface area contributed by atoms with Crippen molar-refractivity contribution in [3.8, 4) is 0 Å². The molecule has 1 aromatic heterocycles. The fourth-order valence-corrected chi connectivity index (χ4v) is 5.28. The molecular weight excluding hydrogens is 345 g/mol. The Labute approximate surface area is 138 Å². The van der Waals surface area contributed by atoms with Crippen LogP contribution < -0.4 is 0 Å². The van der Waals surface area contributed by atoms with Gasteiger partial charge in [-0.15, -0.1) is 0 Å². The Morgan fingerprint density at radius 1 is 1.29 bits per heavy atom. The van der Waals surface area contributed by atoms with Crippen molar-refractivity contribution in [3.63, 3.8) is 0 Å². The highest BCUT2D eigenvalue weighted by Gasteiger charge is 2.57. The number of halogens is 3. The molecule has 0 aromatic carbocycles. The maximum absolute atomic E-state index is 13.5. The van der Waals surface area contributed by atoms with Crippen molar-refractivity contribution in [1.82, 2.24) is 9.29 Å². The van der Waals surface area contributed by atoms with E-state index in [9.17, 15) is 21.6 Å². The molecule has 5 nitrogen and oxygen atoms in total. The van der Waals surface area contributed by atoms with E-state index in [-0.39, 0.29) is 50.5 Å². The third kappa shape index (κ3) is 3.16. The van der Waals surface area contributed by atoms with Crippen LogP contribution in [0.2, 0.25) is 0 Å². The number of rotatable bonds is 2. The third-order valence-electron chi connectivity index (χ3n) is 5.05. The minimum Gasteiger partial charge on any atom is -0.381 e. The molecule has 0 aliphatic carbocycles. The van der Waals surface area contributed by atoms with E-state index in [0.29, 0.717) is 0 Å². The van der Waals surface area contributed by atoms with Crippen molar-refractivity contribution in [2.75, 3.05) is 26.3 Å². The molecule has 9 heteroatoms. The SMILES string of the molecule is O=S(=O)(c1cccnc1)N1CC[C@@H](C(F)(F)F)C2(CCOCC2)C1. The van der Waals surface area contributed by atoms with Gasteiger partial charge in [0.2, 0.25) is 10.0 Å². The minimum absolute atomic E-state index is 0.0117. The van der Waals surface area contributed by atoms with E-state index < -0.39 is 27.5 Å². The Morgan fingerprint density at radius 3 is 2.58 bits per heavy atom. The first-order valence-electron chi connectivity index (χ1n) is 7.80. The average molecular weight is 364 g/mol.